The first-order valence-electron chi connectivity index (χ1n) is 7.72. The third-order valence-corrected chi connectivity index (χ3v) is 3.52. The molecule has 0 spiro atoms. The normalized spacial score (nSPS) is 13.6. The Morgan fingerprint density at radius 2 is 1.68 bits per heavy atom. The van der Waals surface area contributed by atoms with Gasteiger partial charge in [-0.15, -0.1) is 0 Å². The van der Waals surface area contributed by atoms with Crippen molar-refractivity contribution in [3.05, 3.63) is 36.0 Å². The van der Waals surface area contributed by atoms with Crippen LogP contribution < -0.4 is 0 Å². The molecule has 0 atom stereocenters. The van der Waals surface area contributed by atoms with E-state index in [-0.39, 0.29) is 0 Å². The summed E-state index contributed by atoms with van der Waals surface area (Å²) < 4.78 is 37.0. The van der Waals surface area contributed by atoms with Gasteiger partial charge in [-0.3, -0.25) is 0 Å². The second-order valence-electron chi connectivity index (χ2n) is 5.43. The highest BCUT2D eigenvalue weighted by atomic mass is 19.4. The third kappa shape index (κ3) is 9.79. The quantitative estimate of drug-likeness (QED) is 0.555. The Hall–Kier alpha value is -1.07. The van der Waals surface area contributed by atoms with Crippen molar-refractivity contribution in [2.75, 3.05) is 39.8 Å². The first-order valence-corrected chi connectivity index (χ1v) is 7.72. The molecular weight excluding hydrogens is 289 g/mol. The maximum absolute atomic E-state index is 12.3. The maximum Gasteiger partial charge on any atom is 0.415 e. The number of nitrogens with zero attached hydrogens (tertiary/aromatic N) is 2. The van der Waals surface area contributed by atoms with Gasteiger partial charge in [0.25, 0.3) is 0 Å². The number of hydrogen-bond acceptors (Lipinski definition) is 2. The van der Waals surface area contributed by atoms with E-state index >= 15 is 0 Å². The van der Waals surface area contributed by atoms with Crippen LogP contribution >= 0.6 is 0 Å². The Morgan fingerprint density at radius 1 is 1.09 bits per heavy atom. The molecule has 0 saturated carbocycles. The predicted molar refractivity (Wildman–Crippen MR) is 88.0 cm³/mol. The molecule has 22 heavy (non-hydrogen) atoms. The molecule has 5 heteroatoms. The van der Waals surface area contributed by atoms with Crippen molar-refractivity contribution in [3.63, 3.8) is 0 Å². The van der Waals surface area contributed by atoms with Gasteiger partial charge in [-0.05, 0) is 39.6 Å². The minimum Gasteiger partial charge on any atom is -0.305 e. The van der Waals surface area contributed by atoms with Gasteiger partial charge in [-0.2, -0.15) is 13.2 Å². The molecule has 0 aliphatic carbocycles. The van der Waals surface area contributed by atoms with E-state index in [1.54, 1.807) is 13.0 Å². The number of hydrogen-bond donors (Lipinski definition) is 0. The van der Waals surface area contributed by atoms with Gasteiger partial charge in [-0.25, -0.2) is 0 Å². The molecule has 0 aromatic rings. The third-order valence-electron chi connectivity index (χ3n) is 3.52. The predicted octanol–water partition coefficient (Wildman–Crippen LogP) is 4.27. The van der Waals surface area contributed by atoms with E-state index in [2.05, 4.69) is 37.3 Å². The van der Waals surface area contributed by atoms with Crippen LogP contribution in [0.25, 0.3) is 0 Å². The van der Waals surface area contributed by atoms with Gasteiger partial charge in [0.2, 0.25) is 0 Å². The Kier molecular flexibility index (Phi) is 10.1. The lowest BCUT2D eigenvalue weighted by atomic mass is 10.1. The fraction of sp³-hybridized carbons (Fsp3) is 0.647. The van der Waals surface area contributed by atoms with Crippen LogP contribution in [0, 0.1) is 0 Å². The molecule has 0 aliphatic heterocycles. The summed E-state index contributed by atoms with van der Waals surface area (Å²) in [6, 6.07) is 0. The van der Waals surface area contributed by atoms with E-state index in [4.69, 9.17) is 0 Å². The van der Waals surface area contributed by atoms with E-state index < -0.39 is 11.7 Å². The van der Waals surface area contributed by atoms with E-state index in [1.165, 1.54) is 0 Å². The summed E-state index contributed by atoms with van der Waals surface area (Å²) in [6.07, 6.45) is 1.16. The zero-order valence-electron chi connectivity index (χ0n) is 14.2. The maximum atomic E-state index is 12.3. The number of alkyl halides is 3. The lowest BCUT2D eigenvalue weighted by molar-refractivity contribution is -0.0878. The molecule has 2 nitrogen and oxygen atoms in total. The number of allylic oxidation sites excluding steroid dienone is 4. The van der Waals surface area contributed by atoms with E-state index in [9.17, 15) is 13.2 Å². The summed E-state index contributed by atoms with van der Waals surface area (Å²) in [5.41, 5.74) is -0.251. The Morgan fingerprint density at radius 3 is 2.18 bits per heavy atom. The van der Waals surface area contributed by atoms with Crippen molar-refractivity contribution < 1.29 is 13.2 Å². The molecule has 0 aromatic heterocycles. The van der Waals surface area contributed by atoms with Gasteiger partial charge in [0.1, 0.15) is 0 Å². The lowest BCUT2D eigenvalue weighted by Gasteiger charge is -2.22. The zero-order valence-corrected chi connectivity index (χ0v) is 14.2. The largest absolute Gasteiger partial charge is 0.415 e. The minimum absolute atomic E-state index is 0.563. The van der Waals surface area contributed by atoms with Gasteiger partial charge in [0.15, 0.2) is 0 Å². The summed E-state index contributed by atoms with van der Waals surface area (Å²) in [5, 5.41) is 0. The molecule has 0 N–H and O–H groups in total. The number of rotatable bonds is 10. The summed E-state index contributed by atoms with van der Waals surface area (Å²) in [6.45, 7) is 14.0. The molecule has 0 amide bonds. The molecule has 128 valence electrons. The van der Waals surface area contributed by atoms with Crippen LogP contribution in [0.4, 0.5) is 13.2 Å². The standard InChI is InChI=1S/C17H29F3N2/c1-6-22(7-2)13-12-21(5)11-9-8-10-15(3)14-16(4)17(18,19)20/h8,10,14H,4,6-7,9,11-13H2,1-3,5H3/b10-8-,15-14-. The van der Waals surface area contributed by atoms with Crippen LogP contribution in [0.15, 0.2) is 36.0 Å². The van der Waals surface area contributed by atoms with Crippen molar-refractivity contribution in [1.82, 2.24) is 9.80 Å². The van der Waals surface area contributed by atoms with E-state index in [0.717, 1.165) is 45.2 Å². The smallest absolute Gasteiger partial charge is 0.305 e. The van der Waals surface area contributed by atoms with Crippen LogP contribution in [0.3, 0.4) is 0 Å². The lowest BCUT2D eigenvalue weighted by Crippen LogP contribution is -2.33. The molecule has 0 heterocycles. The van der Waals surface area contributed by atoms with Crippen molar-refractivity contribution >= 4 is 0 Å². The summed E-state index contributed by atoms with van der Waals surface area (Å²) in [7, 11) is 2.06. The summed E-state index contributed by atoms with van der Waals surface area (Å²) in [5.74, 6) is 0. The fourth-order valence-corrected chi connectivity index (χ4v) is 1.93. The first-order chi connectivity index (χ1) is 10.2. The molecule has 0 aliphatic rings. The van der Waals surface area contributed by atoms with Crippen LogP contribution in [-0.4, -0.2) is 55.7 Å². The molecule has 0 unspecified atom stereocenters. The van der Waals surface area contributed by atoms with Gasteiger partial charge in [0.05, 0.1) is 0 Å². The Balaban J connectivity index is 4.08. The van der Waals surface area contributed by atoms with Crippen LogP contribution in [0.5, 0.6) is 0 Å². The van der Waals surface area contributed by atoms with E-state index in [0.29, 0.717) is 5.57 Å². The molecule has 0 aromatic carbocycles. The second-order valence-corrected chi connectivity index (χ2v) is 5.43. The van der Waals surface area contributed by atoms with Crippen molar-refractivity contribution in [2.45, 2.75) is 33.4 Å². The second kappa shape index (κ2) is 10.6. The van der Waals surface area contributed by atoms with Crippen LogP contribution in [-0.2, 0) is 0 Å². The van der Waals surface area contributed by atoms with Gasteiger partial charge >= 0.3 is 6.18 Å². The SMILES string of the molecule is C=C(/C=C(C)\C=C/CCN(C)CCN(CC)CC)C(F)(F)F. The van der Waals surface area contributed by atoms with Crippen molar-refractivity contribution in [3.8, 4) is 0 Å². The van der Waals surface area contributed by atoms with Gasteiger partial charge < -0.3 is 9.80 Å². The molecule has 0 saturated heterocycles. The molecule has 0 radical (unpaired) electrons. The first kappa shape index (κ1) is 20.9. The van der Waals surface area contributed by atoms with Crippen molar-refractivity contribution in [1.29, 1.82) is 0 Å². The van der Waals surface area contributed by atoms with Crippen LogP contribution in [0.2, 0.25) is 0 Å². The van der Waals surface area contributed by atoms with Crippen LogP contribution in [0.1, 0.15) is 27.2 Å². The number of likely N-dealkylation sites (N-methyl/N-ethyl adjacent to an activating group) is 2. The molecule has 0 fully saturated rings. The number of halogens is 3. The monoisotopic (exact) mass is 318 g/mol. The highest BCUT2D eigenvalue weighted by Gasteiger charge is 2.29. The average molecular weight is 318 g/mol. The van der Waals surface area contributed by atoms with Gasteiger partial charge in [-0.1, -0.05) is 38.2 Å². The minimum atomic E-state index is -4.35. The molecule has 0 bridgehead atoms. The van der Waals surface area contributed by atoms with Crippen molar-refractivity contribution in [2.24, 2.45) is 0 Å². The summed E-state index contributed by atoms with van der Waals surface area (Å²) in [4.78, 5) is 4.60. The topological polar surface area (TPSA) is 6.48 Å². The highest BCUT2D eigenvalue weighted by Crippen LogP contribution is 2.25. The molecule has 0 rings (SSSR count). The zero-order chi connectivity index (χ0) is 17.2. The average Bonchev–Trinajstić information content (AvgIpc) is 2.43. The van der Waals surface area contributed by atoms with Gasteiger partial charge in [0, 0.05) is 25.2 Å². The molecular formula is C17H29F3N2. The fourth-order valence-electron chi connectivity index (χ4n) is 1.93. The van der Waals surface area contributed by atoms with E-state index in [1.807, 2.05) is 6.08 Å². The summed E-state index contributed by atoms with van der Waals surface area (Å²) >= 11 is 0. The highest BCUT2D eigenvalue weighted by molar-refractivity contribution is 5.29. The Bertz CT molecular complexity index is 380. The Labute approximate surface area is 133 Å².